The average molecular weight is 282 g/mol. The highest BCUT2D eigenvalue weighted by atomic mass is 32.2. The van der Waals surface area contributed by atoms with Crippen LogP contribution in [0.4, 0.5) is 5.69 Å². The van der Waals surface area contributed by atoms with Crippen molar-refractivity contribution in [3.63, 3.8) is 0 Å². The molecule has 1 atom stereocenters. The lowest BCUT2D eigenvalue weighted by atomic mass is 10.2. The van der Waals surface area contributed by atoms with Gasteiger partial charge in [-0.25, -0.2) is 0 Å². The maximum absolute atomic E-state index is 11.8. The van der Waals surface area contributed by atoms with Gasteiger partial charge in [0, 0.05) is 0 Å². The van der Waals surface area contributed by atoms with E-state index in [2.05, 4.69) is 12.2 Å². The lowest BCUT2D eigenvalue weighted by Crippen LogP contribution is -2.18. The zero-order chi connectivity index (χ0) is 14.1. The summed E-state index contributed by atoms with van der Waals surface area (Å²) >= 11 is 1.60. The van der Waals surface area contributed by atoms with Crippen molar-refractivity contribution in [1.82, 2.24) is 0 Å². The minimum absolute atomic E-state index is 0.0126. The molecule has 0 spiro atoms. The van der Waals surface area contributed by atoms with E-state index in [0.717, 1.165) is 11.4 Å². The van der Waals surface area contributed by atoms with E-state index in [1.807, 2.05) is 31.2 Å². The number of amides is 1. The van der Waals surface area contributed by atoms with E-state index >= 15 is 0 Å². The molecular formula is C14H22N2O2S. The first-order valence-electron chi connectivity index (χ1n) is 6.46. The van der Waals surface area contributed by atoms with Crippen LogP contribution in [0.25, 0.3) is 0 Å². The van der Waals surface area contributed by atoms with Crippen LogP contribution in [-0.2, 0) is 4.79 Å². The van der Waals surface area contributed by atoms with Crippen LogP contribution >= 0.6 is 11.8 Å². The van der Waals surface area contributed by atoms with Crippen molar-refractivity contribution in [2.75, 3.05) is 30.0 Å². The van der Waals surface area contributed by atoms with Gasteiger partial charge in [0.1, 0.15) is 5.75 Å². The van der Waals surface area contributed by atoms with Gasteiger partial charge in [0.25, 0.3) is 0 Å². The predicted molar refractivity (Wildman–Crippen MR) is 81.8 cm³/mol. The molecule has 1 unspecified atom stereocenters. The molecule has 0 saturated carbocycles. The number of thioether (sulfide) groups is 1. The molecule has 0 aliphatic heterocycles. The first-order chi connectivity index (χ1) is 9.17. The number of anilines is 1. The van der Waals surface area contributed by atoms with Crippen LogP contribution < -0.4 is 15.8 Å². The van der Waals surface area contributed by atoms with E-state index in [4.69, 9.17) is 10.5 Å². The zero-order valence-electron chi connectivity index (χ0n) is 11.5. The summed E-state index contributed by atoms with van der Waals surface area (Å²) in [6.07, 6.45) is 0. The zero-order valence-corrected chi connectivity index (χ0v) is 12.3. The lowest BCUT2D eigenvalue weighted by Gasteiger charge is -2.11. The first kappa shape index (κ1) is 15.9. The number of carbonyl (C=O) groups excluding carboxylic acids is 1. The molecule has 0 bridgehead atoms. The van der Waals surface area contributed by atoms with Gasteiger partial charge in [-0.05, 0) is 37.3 Å². The Morgan fingerprint density at radius 3 is 2.89 bits per heavy atom. The number of carbonyl (C=O) groups is 1. The molecule has 5 heteroatoms. The van der Waals surface area contributed by atoms with Gasteiger partial charge in [-0.1, -0.05) is 19.1 Å². The number of rotatable bonds is 8. The van der Waals surface area contributed by atoms with Crippen LogP contribution in [0.5, 0.6) is 5.75 Å². The predicted octanol–water partition coefficient (Wildman–Crippen LogP) is 2.35. The minimum atomic E-state index is -0.0126. The summed E-state index contributed by atoms with van der Waals surface area (Å²) in [7, 11) is 0. The fourth-order valence-corrected chi connectivity index (χ4v) is 2.37. The van der Waals surface area contributed by atoms with Gasteiger partial charge >= 0.3 is 0 Å². The van der Waals surface area contributed by atoms with Crippen LogP contribution in [0, 0.1) is 5.92 Å². The van der Waals surface area contributed by atoms with Crippen LogP contribution in [0.3, 0.4) is 0 Å². The summed E-state index contributed by atoms with van der Waals surface area (Å²) in [6.45, 7) is 5.23. The van der Waals surface area contributed by atoms with E-state index in [-0.39, 0.29) is 5.91 Å². The molecule has 0 heterocycles. The van der Waals surface area contributed by atoms with Gasteiger partial charge in [0.2, 0.25) is 5.91 Å². The Kier molecular flexibility index (Phi) is 7.36. The fraction of sp³-hybridized carbons (Fsp3) is 0.500. The molecule has 1 amide bonds. The quantitative estimate of drug-likeness (QED) is 0.768. The van der Waals surface area contributed by atoms with E-state index in [0.29, 0.717) is 30.6 Å². The lowest BCUT2D eigenvalue weighted by molar-refractivity contribution is -0.113. The second-order valence-electron chi connectivity index (χ2n) is 4.33. The number of para-hydroxylation sites is 2. The Labute approximate surface area is 119 Å². The minimum Gasteiger partial charge on any atom is -0.492 e. The van der Waals surface area contributed by atoms with Crippen LogP contribution in [0.1, 0.15) is 13.8 Å². The topological polar surface area (TPSA) is 64.3 Å². The number of nitrogens with two attached hydrogens (primary N) is 1. The van der Waals surface area contributed by atoms with E-state index in [1.165, 1.54) is 0 Å². The molecule has 1 aromatic rings. The SMILES string of the molecule is CCOc1ccccc1NC(=O)CSCC(C)CN. The molecule has 19 heavy (non-hydrogen) atoms. The molecule has 0 saturated heterocycles. The molecule has 0 aromatic heterocycles. The number of benzene rings is 1. The van der Waals surface area contributed by atoms with Crippen LogP contribution in [-0.4, -0.2) is 30.6 Å². The first-order valence-corrected chi connectivity index (χ1v) is 7.62. The summed E-state index contributed by atoms with van der Waals surface area (Å²) in [4.78, 5) is 11.8. The molecule has 106 valence electrons. The summed E-state index contributed by atoms with van der Waals surface area (Å²) in [6, 6.07) is 7.46. The largest absolute Gasteiger partial charge is 0.492 e. The molecule has 3 N–H and O–H groups in total. The van der Waals surface area contributed by atoms with Crippen molar-refractivity contribution in [3.05, 3.63) is 24.3 Å². The second kappa shape index (κ2) is 8.82. The van der Waals surface area contributed by atoms with Crippen LogP contribution in [0.2, 0.25) is 0 Å². The average Bonchev–Trinajstić information content (AvgIpc) is 2.41. The third-order valence-corrected chi connectivity index (χ3v) is 3.77. The molecule has 0 fully saturated rings. The van der Waals surface area contributed by atoms with Gasteiger partial charge in [-0.2, -0.15) is 11.8 Å². The Morgan fingerprint density at radius 1 is 1.47 bits per heavy atom. The van der Waals surface area contributed by atoms with Crippen molar-refractivity contribution in [2.45, 2.75) is 13.8 Å². The highest BCUT2D eigenvalue weighted by Gasteiger charge is 2.08. The van der Waals surface area contributed by atoms with Gasteiger partial charge in [-0.3, -0.25) is 4.79 Å². The van der Waals surface area contributed by atoms with E-state index in [9.17, 15) is 4.79 Å². The number of hydrogen-bond acceptors (Lipinski definition) is 4. The highest BCUT2D eigenvalue weighted by molar-refractivity contribution is 7.99. The van der Waals surface area contributed by atoms with E-state index in [1.54, 1.807) is 11.8 Å². The Bertz CT molecular complexity index is 399. The third-order valence-electron chi connectivity index (χ3n) is 2.50. The van der Waals surface area contributed by atoms with Crippen LogP contribution in [0.15, 0.2) is 24.3 Å². The molecule has 1 rings (SSSR count). The smallest absolute Gasteiger partial charge is 0.234 e. The van der Waals surface area contributed by atoms with Crippen molar-refractivity contribution in [2.24, 2.45) is 11.7 Å². The molecule has 0 aliphatic carbocycles. The summed E-state index contributed by atoms with van der Waals surface area (Å²) in [5, 5.41) is 2.87. The fourth-order valence-electron chi connectivity index (χ4n) is 1.46. The van der Waals surface area contributed by atoms with Gasteiger partial charge in [-0.15, -0.1) is 0 Å². The maximum atomic E-state index is 11.8. The standard InChI is InChI=1S/C14H22N2O2S/c1-3-18-13-7-5-4-6-12(13)16-14(17)10-19-9-11(2)8-15/h4-7,11H,3,8-10,15H2,1-2H3,(H,16,17). The number of hydrogen-bond donors (Lipinski definition) is 2. The molecular weight excluding hydrogens is 260 g/mol. The van der Waals surface area contributed by atoms with Gasteiger partial charge < -0.3 is 15.8 Å². The monoisotopic (exact) mass is 282 g/mol. The Hall–Kier alpha value is -1.20. The summed E-state index contributed by atoms with van der Waals surface area (Å²) in [5.41, 5.74) is 6.26. The summed E-state index contributed by atoms with van der Waals surface area (Å²) in [5.74, 6) is 2.47. The molecule has 0 radical (unpaired) electrons. The highest BCUT2D eigenvalue weighted by Crippen LogP contribution is 2.23. The van der Waals surface area contributed by atoms with E-state index < -0.39 is 0 Å². The number of ether oxygens (including phenoxy) is 1. The van der Waals surface area contributed by atoms with Gasteiger partial charge in [0.05, 0.1) is 18.0 Å². The Balaban J connectivity index is 2.43. The maximum Gasteiger partial charge on any atom is 0.234 e. The van der Waals surface area contributed by atoms with Gasteiger partial charge in [0.15, 0.2) is 0 Å². The summed E-state index contributed by atoms with van der Waals surface area (Å²) < 4.78 is 5.46. The number of nitrogens with one attached hydrogen (secondary N) is 1. The van der Waals surface area contributed by atoms with Crippen molar-refractivity contribution < 1.29 is 9.53 Å². The second-order valence-corrected chi connectivity index (χ2v) is 5.36. The molecule has 4 nitrogen and oxygen atoms in total. The Morgan fingerprint density at radius 2 is 2.21 bits per heavy atom. The van der Waals surface area contributed by atoms with Crippen molar-refractivity contribution in [3.8, 4) is 5.75 Å². The van der Waals surface area contributed by atoms with Crippen molar-refractivity contribution >= 4 is 23.4 Å². The van der Waals surface area contributed by atoms with Crippen molar-refractivity contribution in [1.29, 1.82) is 0 Å². The normalized spacial score (nSPS) is 11.9. The molecule has 0 aliphatic rings. The molecule has 1 aromatic carbocycles. The third kappa shape index (κ3) is 5.98.